The maximum Gasteiger partial charge on any atom is 0.222 e. The van der Waals surface area contributed by atoms with Gasteiger partial charge in [0.15, 0.2) is 0 Å². The Morgan fingerprint density at radius 1 is 1.27 bits per heavy atom. The molecule has 8 heteroatoms. The van der Waals surface area contributed by atoms with Gasteiger partial charge in [-0.2, -0.15) is 0 Å². The van der Waals surface area contributed by atoms with E-state index in [-0.39, 0.29) is 11.9 Å². The number of aromatic nitrogens is 3. The molecule has 1 amide bonds. The zero-order valence-electron chi connectivity index (χ0n) is 17.1. The minimum Gasteiger partial charge on any atom is -0.356 e. The van der Waals surface area contributed by atoms with Gasteiger partial charge in [-0.05, 0) is 43.0 Å². The quantitative estimate of drug-likeness (QED) is 0.559. The van der Waals surface area contributed by atoms with Crippen molar-refractivity contribution in [2.45, 2.75) is 44.2 Å². The van der Waals surface area contributed by atoms with Crippen molar-refractivity contribution in [2.24, 2.45) is 5.73 Å². The van der Waals surface area contributed by atoms with Gasteiger partial charge in [0.2, 0.25) is 5.91 Å². The van der Waals surface area contributed by atoms with Crippen LogP contribution in [0.3, 0.4) is 0 Å². The van der Waals surface area contributed by atoms with Gasteiger partial charge in [-0.1, -0.05) is 30.7 Å². The lowest BCUT2D eigenvalue weighted by Crippen LogP contribution is -2.53. The highest BCUT2D eigenvalue weighted by atomic mass is 35.5. The molecule has 3 heterocycles. The Balaban J connectivity index is 1.36. The summed E-state index contributed by atoms with van der Waals surface area (Å²) in [5, 5.41) is 4.83. The Morgan fingerprint density at radius 3 is 2.70 bits per heavy atom. The number of fused-ring (bicyclic) bond motifs is 1. The number of piperidine rings is 1. The highest BCUT2D eigenvalue weighted by Crippen LogP contribution is 2.30. The molecule has 2 aromatic heterocycles. The van der Waals surface area contributed by atoms with Crippen molar-refractivity contribution in [1.82, 2.24) is 20.3 Å². The van der Waals surface area contributed by atoms with Crippen LogP contribution in [0.15, 0.2) is 42.9 Å². The van der Waals surface area contributed by atoms with Gasteiger partial charge in [-0.25, -0.2) is 9.97 Å². The number of hydrogen-bond donors (Lipinski definition) is 3. The molecule has 1 aromatic carbocycles. The summed E-state index contributed by atoms with van der Waals surface area (Å²) in [6.45, 7) is 3.57. The third kappa shape index (κ3) is 4.42. The highest BCUT2D eigenvalue weighted by Gasteiger charge is 2.34. The van der Waals surface area contributed by atoms with Crippen LogP contribution in [0.25, 0.3) is 11.0 Å². The van der Waals surface area contributed by atoms with Crippen LogP contribution < -0.4 is 16.0 Å². The normalized spacial score (nSPS) is 17.1. The van der Waals surface area contributed by atoms with E-state index in [1.807, 2.05) is 36.5 Å². The first-order chi connectivity index (χ1) is 14.5. The van der Waals surface area contributed by atoms with Crippen LogP contribution in [0.2, 0.25) is 5.02 Å². The SMILES string of the molecule is CC[C@H](NC(=O)CC1(N)CCN(c2ncnc3[nH]ccc23)CC1)c1ccc(Cl)cc1. The van der Waals surface area contributed by atoms with E-state index in [9.17, 15) is 4.79 Å². The van der Waals surface area contributed by atoms with Crippen LogP contribution >= 0.6 is 11.6 Å². The smallest absolute Gasteiger partial charge is 0.222 e. The molecule has 1 saturated heterocycles. The van der Waals surface area contributed by atoms with Crippen molar-refractivity contribution < 1.29 is 4.79 Å². The summed E-state index contributed by atoms with van der Waals surface area (Å²) < 4.78 is 0. The van der Waals surface area contributed by atoms with Crippen LogP contribution in [0.4, 0.5) is 5.82 Å². The number of nitrogens with one attached hydrogen (secondary N) is 2. The van der Waals surface area contributed by atoms with Crippen LogP contribution in [0, 0.1) is 0 Å². The predicted molar refractivity (Wildman–Crippen MR) is 119 cm³/mol. The van der Waals surface area contributed by atoms with Crippen LogP contribution in [0.5, 0.6) is 0 Å². The van der Waals surface area contributed by atoms with E-state index in [4.69, 9.17) is 17.3 Å². The number of nitrogens with zero attached hydrogens (tertiary/aromatic N) is 3. The molecule has 30 heavy (non-hydrogen) atoms. The van der Waals surface area contributed by atoms with Crippen molar-refractivity contribution in [3.63, 3.8) is 0 Å². The first-order valence-corrected chi connectivity index (χ1v) is 10.7. The van der Waals surface area contributed by atoms with E-state index >= 15 is 0 Å². The number of rotatable bonds is 6. The molecule has 158 valence electrons. The molecule has 0 bridgehead atoms. The molecule has 1 atom stereocenters. The number of nitrogens with two attached hydrogens (primary N) is 1. The average Bonchev–Trinajstić information content (AvgIpc) is 3.22. The third-order valence-corrected chi connectivity index (χ3v) is 6.17. The van der Waals surface area contributed by atoms with E-state index in [0.29, 0.717) is 11.4 Å². The molecule has 0 aliphatic carbocycles. The zero-order chi connectivity index (χ0) is 21.1. The second-order valence-corrected chi connectivity index (χ2v) is 8.48. The largest absolute Gasteiger partial charge is 0.356 e. The van der Waals surface area contributed by atoms with Crippen molar-refractivity contribution in [3.8, 4) is 0 Å². The summed E-state index contributed by atoms with van der Waals surface area (Å²) in [7, 11) is 0. The Morgan fingerprint density at radius 2 is 2.00 bits per heavy atom. The van der Waals surface area contributed by atoms with E-state index in [1.54, 1.807) is 6.33 Å². The number of aromatic amines is 1. The molecule has 4 rings (SSSR count). The summed E-state index contributed by atoms with van der Waals surface area (Å²) in [4.78, 5) is 26.8. The minimum atomic E-state index is -0.511. The summed E-state index contributed by atoms with van der Waals surface area (Å²) in [6, 6.07) is 9.56. The lowest BCUT2D eigenvalue weighted by atomic mass is 9.85. The minimum absolute atomic E-state index is 0.0113. The van der Waals surface area contributed by atoms with Gasteiger partial charge in [0.1, 0.15) is 17.8 Å². The van der Waals surface area contributed by atoms with Gasteiger partial charge in [-0.3, -0.25) is 4.79 Å². The lowest BCUT2D eigenvalue weighted by molar-refractivity contribution is -0.123. The monoisotopic (exact) mass is 426 g/mol. The van der Waals surface area contributed by atoms with E-state index in [2.05, 4.69) is 32.1 Å². The average molecular weight is 427 g/mol. The van der Waals surface area contributed by atoms with Crippen LogP contribution in [-0.4, -0.2) is 39.5 Å². The standard InChI is InChI=1S/C22H27ClN6O/c1-2-18(15-3-5-16(23)6-4-15)28-19(30)13-22(24)8-11-29(12-9-22)21-17-7-10-25-20(17)26-14-27-21/h3-7,10,14,18H,2,8-9,11-13,24H2,1H3,(H,28,30)(H,25,26,27)/t18-/m0/s1. The highest BCUT2D eigenvalue weighted by molar-refractivity contribution is 6.30. The maximum absolute atomic E-state index is 12.8. The second kappa shape index (κ2) is 8.62. The Hall–Kier alpha value is -2.64. The van der Waals surface area contributed by atoms with Gasteiger partial charge in [0, 0.05) is 36.3 Å². The van der Waals surface area contributed by atoms with E-state index in [0.717, 1.165) is 54.8 Å². The Labute approximate surface area is 181 Å². The molecular formula is C22H27ClN6O. The van der Waals surface area contributed by atoms with Crippen LogP contribution in [0.1, 0.15) is 44.2 Å². The summed E-state index contributed by atoms with van der Waals surface area (Å²) in [6.07, 6.45) is 6.03. The summed E-state index contributed by atoms with van der Waals surface area (Å²) >= 11 is 5.98. The lowest BCUT2D eigenvalue weighted by Gasteiger charge is -2.39. The molecule has 0 saturated carbocycles. The second-order valence-electron chi connectivity index (χ2n) is 8.04. The van der Waals surface area contributed by atoms with E-state index in [1.165, 1.54) is 0 Å². The van der Waals surface area contributed by atoms with Crippen molar-refractivity contribution >= 4 is 34.4 Å². The van der Waals surface area contributed by atoms with Gasteiger partial charge in [0.05, 0.1) is 11.4 Å². The summed E-state index contributed by atoms with van der Waals surface area (Å²) in [5.41, 5.74) is 8.00. The molecule has 1 fully saturated rings. The Kier molecular flexibility index (Phi) is 5.92. The predicted octanol–water partition coefficient (Wildman–Crippen LogP) is 3.57. The van der Waals surface area contributed by atoms with Crippen molar-refractivity contribution in [3.05, 3.63) is 53.4 Å². The van der Waals surface area contributed by atoms with E-state index < -0.39 is 5.54 Å². The van der Waals surface area contributed by atoms with Gasteiger partial charge < -0.3 is 20.9 Å². The van der Waals surface area contributed by atoms with Crippen molar-refractivity contribution in [1.29, 1.82) is 0 Å². The number of carbonyl (C=O) groups excluding carboxylic acids is 1. The number of H-pyrrole nitrogens is 1. The Bertz CT molecular complexity index is 1010. The molecule has 3 aromatic rings. The fraction of sp³-hybridized carbons (Fsp3) is 0.409. The topological polar surface area (TPSA) is 99.9 Å². The number of anilines is 1. The third-order valence-electron chi connectivity index (χ3n) is 5.92. The zero-order valence-corrected chi connectivity index (χ0v) is 17.8. The van der Waals surface area contributed by atoms with Gasteiger partial charge >= 0.3 is 0 Å². The number of carbonyl (C=O) groups is 1. The fourth-order valence-corrected chi connectivity index (χ4v) is 4.26. The first-order valence-electron chi connectivity index (χ1n) is 10.3. The van der Waals surface area contributed by atoms with Gasteiger partial charge in [0.25, 0.3) is 0 Å². The molecule has 0 radical (unpaired) electrons. The maximum atomic E-state index is 12.8. The molecule has 7 nitrogen and oxygen atoms in total. The number of hydrogen-bond acceptors (Lipinski definition) is 5. The number of benzene rings is 1. The first kappa shape index (κ1) is 20.6. The fourth-order valence-electron chi connectivity index (χ4n) is 4.13. The summed E-state index contributed by atoms with van der Waals surface area (Å²) in [5.74, 6) is 0.907. The molecule has 4 N–H and O–H groups in total. The number of halogens is 1. The molecule has 0 spiro atoms. The molecule has 1 aliphatic rings. The van der Waals surface area contributed by atoms with Crippen LogP contribution in [-0.2, 0) is 4.79 Å². The van der Waals surface area contributed by atoms with Crippen molar-refractivity contribution in [2.75, 3.05) is 18.0 Å². The number of amides is 1. The molecule has 1 aliphatic heterocycles. The molecular weight excluding hydrogens is 400 g/mol. The molecule has 0 unspecified atom stereocenters. The van der Waals surface area contributed by atoms with Gasteiger partial charge in [-0.15, -0.1) is 0 Å².